The molecule has 1 aromatic heterocycles. The Balaban J connectivity index is 0.00000300. The lowest BCUT2D eigenvalue weighted by Gasteiger charge is -2.36. The number of hydrogen-bond donors (Lipinski definition) is 1. The molecule has 0 spiro atoms. The van der Waals surface area contributed by atoms with E-state index in [9.17, 15) is 0 Å². The molecule has 0 radical (unpaired) electrons. The first kappa shape index (κ1) is 24.1. The quantitative estimate of drug-likeness (QED) is 0.334. The summed E-state index contributed by atoms with van der Waals surface area (Å²) in [7, 11) is 0. The van der Waals surface area contributed by atoms with Gasteiger partial charge in [-0.15, -0.1) is 24.0 Å². The number of hydrogen-bond acceptors (Lipinski definition) is 3. The van der Waals surface area contributed by atoms with Gasteiger partial charge >= 0.3 is 0 Å². The largest absolute Gasteiger partial charge is 0.357 e. The van der Waals surface area contributed by atoms with Crippen molar-refractivity contribution in [3.8, 4) is 0 Å². The SMILES string of the molecule is CCNC(=NCCc1nccn1Cc1ccccc1)N1CCSC(C(C)C)C1.I. The van der Waals surface area contributed by atoms with Crippen LogP contribution in [0.25, 0.3) is 0 Å². The van der Waals surface area contributed by atoms with E-state index in [-0.39, 0.29) is 24.0 Å². The Kier molecular flexibility index (Phi) is 10.3. The number of benzene rings is 1. The fourth-order valence-electron chi connectivity index (χ4n) is 3.45. The van der Waals surface area contributed by atoms with Crippen LogP contribution in [0.4, 0.5) is 0 Å². The Morgan fingerprint density at radius 1 is 1.31 bits per heavy atom. The highest BCUT2D eigenvalue weighted by molar-refractivity contribution is 14.0. The van der Waals surface area contributed by atoms with Crippen molar-refractivity contribution in [2.24, 2.45) is 10.9 Å². The van der Waals surface area contributed by atoms with Crippen LogP contribution in [0.1, 0.15) is 32.2 Å². The molecule has 5 nitrogen and oxygen atoms in total. The van der Waals surface area contributed by atoms with Crippen LogP contribution in [-0.2, 0) is 13.0 Å². The molecular weight excluding hydrogens is 493 g/mol. The third-order valence-corrected chi connectivity index (χ3v) is 6.61. The van der Waals surface area contributed by atoms with Crippen molar-refractivity contribution in [3.05, 3.63) is 54.1 Å². The molecule has 1 N–H and O–H groups in total. The van der Waals surface area contributed by atoms with Crippen LogP contribution in [0.2, 0.25) is 0 Å². The smallest absolute Gasteiger partial charge is 0.193 e. The van der Waals surface area contributed by atoms with Gasteiger partial charge in [0.25, 0.3) is 0 Å². The first-order valence-corrected chi connectivity index (χ1v) is 11.4. The second-order valence-electron chi connectivity index (χ2n) is 7.54. The maximum absolute atomic E-state index is 4.92. The maximum Gasteiger partial charge on any atom is 0.193 e. The van der Waals surface area contributed by atoms with Crippen molar-refractivity contribution >= 4 is 41.7 Å². The van der Waals surface area contributed by atoms with Gasteiger partial charge in [-0.2, -0.15) is 11.8 Å². The predicted octanol–water partition coefficient (Wildman–Crippen LogP) is 4.13. The molecule has 1 saturated heterocycles. The van der Waals surface area contributed by atoms with Gasteiger partial charge in [-0.05, 0) is 18.4 Å². The van der Waals surface area contributed by atoms with Gasteiger partial charge in [-0.25, -0.2) is 4.98 Å². The van der Waals surface area contributed by atoms with Gasteiger partial charge in [0.1, 0.15) is 5.82 Å². The van der Waals surface area contributed by atoms with Gasteiger partial charge in [0.2, 0.25) is 0 Å². The Hall–Kier alpha value is -1.22. The molecule has 1 fully saturated rings. The molecule has 1 atom stereocenters. The van der Waals surface area contributed by atoms with E-state index < -0.39 is 0 Å². The van der Waals surface area contributed by atoms with Gasteiger partial charge in [0.05, 0.1) is 0 Å². The minimum absolute atomic E-state index is 0. The normalized spacial score (nSPS) is 17.3. The van der Waals surface area contributed by atoms with Gasteiger partial charge in [0, 0.05) is 62.5 Å². The number of nitrogens with zero attached hydrogens (tertiary/aromatic N) is 4. The molecule has 1 unspecified atom stereocenters. The fraction of sp³-hybridized carbons (Fsp3) is 0.545. The molecule has 2 heterocycles. The highest BCUT2D eigenvalue weighted by Crippen LogP contribution is 2.24. The Morgan fingerprint density at radius 2 is 2.10 bits per heavy atom. The van der Waals surface area contributed by atoms with E-state index in [1.165, 1.54) is 11.3 Å². The Labute approximate surface area is 196 Å². The molecule has 0 saturated carbocycles. The van der Waals surface area contributed by atoms with Gasteiger partial charge in [-0.3, -0.25) is 4.99 Å². The molecule has 29 heavy (non-hydrogen) atoms. The minimum Gasteiger partial charge on any atom is -0.357 e. The lowest BCUT2D eigenvalue weighted by atomic mass is 10.1. The van der Waals surface area contributed by atoms with E-state index in [0.29, 0.717) is 11.2 Å². The Morgan fingerprint density at radius 3 is 2.83 bits per heavy atom. The van der Waals surface area contributed by atoms with Crippen LogP contribution < -0.4 is 5.32 Å². The molecule has 7 heteroatoms. The highest BCUT2D eigenvalue weighted by Gasteiger charge is 2.24. The van der Waals surface area contributed by atoms with E-state index in [1.807, 2.05) is 6.20 Å². The van der Waals surface area contributed by atoms with Crippen molar-refractivity contribution in [3.63, 3.8) is 0 Å². The topological polar surface area (TPSA) is 45.5 Å². The summed E-state index contributed by atoms with van der Waals surface area (Å²) >= 11 is 2.10. The molecule has 0 bridgehead atoms. The highest BCUT2D eigenvalue weighted by atomic mass is 127. The van der Waals surface area contributed by atoms with E-state index in [4.69, 9.17) is 4.99 Å². The number of guanidine groups is 1. The van der Waals surface area contributed by atoms with Crippen LogP contribution >= 0.6 is 35.7 Å². The number of thioether (sulfide) groups is 1. The number of aliphatic imine (C=N–C) groups is 1. The average molecular weight is 528 g/mol. The molecule has 1 aliphatic heterocycles. The molecule has 2 aromatic rings. The van der Waals surface area contributed by atoms with E-state index in [2.05, 4.69) is 88.8 Å². The summed E-state index contributed by atoms with van der Waals surface area (Å²) in [5, 5.41) is 4.17. The van der Waals surface area contributed by atoms with Crippen molar-refractivity contribution < 1.29 is 0 Å². The molecule has 0 amide bonds. The maximum atomic E-state index is 4.92. The summed E-state index contributed by atoms with van der Waals surface area (Å²) in [5.74, 6) is 4.02. The predicted molar refractivity (Wildman–Crippen MR) is 136 cm³/mol. The molecular formula is C22H34IN5S. The summed E-state index contributed by atoms with van der Waals surface area (Å²) in [6.45, 7) is 11.4. The zero-order valence-electron chi connectivity index (χ0n) is 17.8. The summed E-state index contributed by atoms with van der Waals surface area (Å²) in [5.41, 5.74) is 1.30. The van der Waals surface area contributed by atoms with Crippen molar-refractivity contribution in [2.45, 2.75) is 39.0 Å². The zero-order chi connectivity index (χ0) is 19.8. The molecule has 1 aliphatic rings. The zero-order valence-corrected chi connectivity index (χ0v) is 20.9. The third kappa shape index (κ3) is 7.20. The lowest BCUT2D eigenvalue weighted by molar-refractivity contribution is 0.381. The minimum atomic E-state index is 0. The van der Waals surface area contributed by atoms with Crippen molar-refractivity contribution in [1.29, 1.82) is 0 Å². The van der Waals surface area contributed by atoms with Crippen molar-refractivity contribution in [2.75, 3.05) is 31.9 Å². The van der Waals surface area contributed by atoms with Gasteiger partial charge < -0.3 is 14.8 Å². The van der Waals surface area contributed by atoms with Crippen LogP contribution in [0.15, 0.2) is 47.7 Å². The molecule has 160 valence electrons. The number of imidazole rings is 1. The van der Waals surface area contributed by atoms with Gasteiger partial charge in [0.15, 0.2) is 5.96 Å². The number of aromatic nitrogens is 2. The lowest BCUT2D eigenvalue weighted by Crippen LogP contribution is -2.49. The standard InChI is InChI=1S/C22H33N5S.HI/c1-4-23-22(27-14-15-28-20(17-27)18(2)3)25-11-10-21-24-12-13-26(21)16-19-8-6-5-7-9-19;/h5-9,12-13,18,20H,4,10-11,14-17H2,1-3H3,(H,23,25);1H. The van der Waals surface area contributed by atoms with E-state index in [1.54, 1.807) is 0 Å². The summed E-state index contributed by atoms with van der Waals surface area (Å²) in [4.78, 5) is 11.9. The van der Waals surface area contributed by atoms with E-state index in [0.717, 1.165) is 50.9 Å². The fourth-order valence-corrected chi connectivity index (χ4v) is 4.75. The van der Waals surface area contributed by atoms with Crippen molar-refractivity contribution in [1.82, 2.24) is 19.8 Å². The summed E-state index contributed by atoms with van der Waals surface area (Å²) < 4.78 is 2.23. The Bertz CT molecular complexity index is 747. The molecule has 0 aliphatic carbocycles. The average Bonchev–Trinajstić information content (AvgIpc) is 3.15. The van der Waals surface area contributed by atoms with Crippen LogP contribution in [0.3, 0.4) is 0 Å². The van der Waals surface area contributed by atoms with Crippen LogP contribution in [0.5, 0.6) is 0 Å². The number of halogens is 1. The molecule has 1 aromatic carbocycles. The second-order valence-corrected chi connectivity index (χ2v) is 8.89. The van der Waals surface area contributed by atoms with Crippen LogP contribution in [0, 0.1) is 5.92 Å². The summed E-state index contributed by atoms with van der Waals surface area (Å²) in [6.07, 6.45) is 4.81. The summed E-state index contributed by atoms with van der Waals surface area (Å²) in [6, 6.07) is 10.5. The number of rotatable bonds is 7. The van der Waals surface area contributed by atoms with E-state index >= 15 is 0 Å². The third-order valence-electron chi connectivity index (χ3n) is 5.07. The molecule has 3 rings (SSSR count). The number of nitrogens with one attached hydrogen (secondary N) is 1. The van der Waals surface area contributed by atoms with Crippen LogP contribution in [-0.4, -0.2) is 57.6 Å². The second kappa shape index (κ2) is 12.5. The first-order chi connectivity index (χ1) is 13.7. The first-order valence-electron chi connectivity index (χ1n) is 10.4. The monoisotopic (exact) mass is 527 g/mol. The van der Waals surface area contributed by atoms with Gasteiger partial charge in [-0.1, -0.05) is 44.2 Å².